The van der Waals surface area contributed by atoms with E-state index in [0.29, 0.717) is 5.56 Å². The van der Waals surface area contributed by atoms with E-state index in [1.165, 1.54) is 31.2 Å². The number of carbonyl (C=O) groups excluding carboxylic acids is 1. The molecule has 0 radical (unpaired) electrons. The number of hydrogen-bond donors (Lipinski definition) is 0. The van der Waals surface area contributed by atoms with Gasteiger partial charge in [0.25, 0.3) is 10.1 Å². The van der Waals surface area contributed by atoms with Gasteiger partial charge in [0, 0.05) is 5.56 Å². The lowest BCUT2D eigenvalue weighted by atomic mass is 10.2. The third-order valence-electron chi connectivity index (χ3n) is 1.91. The van der Waals surface area contributed by atoms with E-state index in [1.54, 1.807) is 20.8 Å². The zero-order valence-corrected chi connectivity index (χ0v) is 11.2. The summed E-state index contributed by atoms with van der Waals surface area (Å²) >= 11 is 0. The van der Waals surface area contributed by atoms with Crippen molar-refractivity contribution in [2.24, 2.45) is 0 Å². The zero-order valence-electron chi connectivity index (χ0n) is 10.4. The summed E-state index contributed by atoms with van der Waals surface area (Å²) in [6.07, 6.45) is 0. The number of rotatable bonds is 3. The van der Waals surface area contributed by atoms with Crippen molar-refractivity contribution in [2.75, 3.05) is 0 Å². The Balaban J connectivity index is 3.05. The van der Waals surface area contributed by atoms with Crippen LogP contribution in [0.25, 0.3) is 0 Å². The molecule has 0 atom stereocenters. The van der Waals surface area contributed by atoms with Crippen LogP contribution in [0.1, 0.15) is 38.1 Å². The molecule has 1 aromatic carbocycles. The predicted molar refractivity (Wildman–Crippen MR) is 64.5 cm³/mol. The molecular weight excluding hydrogens is 240 g/mol. The quantitative estimate of drug-likeness (QED) is 0.615. The molecule has 0 fully saturated rings. The number of benzene rings is 1. The highest BCUT2D eigenvalue weighted by Gasteiger charge is 2.23. The Labute approximate surface area is 102 Å². The van der Waals surface area contributed by atoms with Gasteiger partial charge in [-0.3, -0.25) is 8.98 Å². The van der Waals surface area contributed by atoms with E-state index < -0.39 is 15.7 Å². The molecule has 0 aliphatic rings. The molecule has 5 heteroatoms. The molecule has 0 heterocycles. The molecule has 4 nitrogen and oxygen atoms in total. The fourth-order valence-corrected chi connectivity index (χ4v) is 2.46. The second kappa shape index (κ2) is 4.58. The smallest absolute Gasteiger partial charge is 0.295 e. The van der Waals surface area contributed by atoms with E-state index in [0.717, 1.165) is 0 Å². The molecule has 0 spiro atoms. The van der Waals surface area contributed by atoms with E-state index in [1.807, 2.05) is 0 Å². The zero-order chi connectivity index (χ0) is 13.3. The molecule has 0 aliphatic carbocycles. The van der Waals surface area contributed by atoms with Gasteiger partial charge in [-0.25, -0.2) is 0 Å². The Kier molecular flexibility index (Phi) is 3.74. The summed E-state index contributed by atoms with van der Waals surface area (Å²) in [6, 6.07) is 5.69. The minimum atomic E-state index is -3.77. The van der Waals surface area contributed by atoms with Crippen LogP contribution < -0.4 is 0 Å². The van der Waals surface area contributed by atoms with Crippen LogP contribution in [-0.2, 0) is 14.3 Å². The fourth-order valence-electron chi connectivity index (χ4n) is 1.23. The van der Waals surface area contributed by atoms with Crippen LogP contribution in [0.4, 0.5) is 0 Å². The number of ketones is 1. The average Bonchev–Trinajstić information content (AvgIpc) is 2.14. The molecule has 1 rings (SSSR count). The highest BCUT2D eigenvalue weighted by atomic mass is 32.2. The van der Waals surface area contributed by atoms with Gasteiger partial charge in [-0.05, 0) is 39.8 Å². The first-order valence-corrected chi connectivity index (χ1v) is 6.59. The van der Waals surface area contributed by atoms with E-state index in [-0.39, 0.29) is 10.7 Å². The standard InChI is InChI=1S/C12H16O4S/c1-9(13)10-5-7-11(8-6-10)17(14,15)16-12(2,3)4/h5-8H,1-4H3. The highest BCUT2D eigenvalue weighted by molar-refractivity contribution is 7.86. The first kappa shape index (κ1) is 13.9. The minimum absolute atomic E-state index is 0.0532. The fraction of sp³-hybridized carbons (Fsp3) is 0.417. The minimum Gasteiger partial charge on any atom is -0.295 e. The van der Waals surface area contributed by atoms with E-state index in [9.17, 15) is 13.2 Å². The summed E-state index contributed by atoms with van der Waals surface area (Å²) in [5.74, 6) is -0.106. The van der Waals surface area contributed by atoms with Crippen molar-refractivity contribution >= 4 is 15.9 Å². The summed E-state index contributed by atoms with van der Waals surface area (Å²) in [5.41, 5.74) is -0.308. The Morgan fingerprint density at radius 3 is 1.94 bits per heavy atom. The van der Waals surface area contributed by atoms with Gasteiger partial charge in [-0.1, -0.05) is 12.1 Å². The van der Waals surface area contributed by atoms with Gasteiger partial charge in [0.1, 0.15) is 0 Å². The molecule has 17 heavy (non-hydrogen) atoms. The lowest BCUT2D eigenvalue weighted by molar-refractivity contribution is 0.101. The van der Waals surface area contributed by atoms with Gasteiger partial charge < -0.3 is 0 Å². The van der Waals surface area contributed by atoms with E-state index >= 15 is 0 Å². The second-order valence-corrected chi connectivity index (χ2v) is 6.28. The van der Waals surface area contributed by atoms with Crippen LogP contribution in [0, 0.1) is 0 Å². The molecule has 0 amide bonds. The molecule has 1 aromatic rings. The highest BCUT2D eigenvalue weighted by Crippen LogP contribution is 2.20. The van der Waals surface area contributed by atoms with Crippen molar-refractivity contribution in [3.05, 3.63) is 29.8 Å². The van der Waals surface area contributed by atoms with Crippen LogP contribution in [0.2, 0.25) is 0 Å². The molecule has 0 saturated heterocycles. The van der Waals surface area contributed by atoms with Crippen LogP contribution in [-0.4, -0.2) is 19.8 Å². The van der Waals surface area contributed by atoms with Gasteiger partial charge >= 0.3 is 0 Å². The van der Waals surface area contributed by atoms with Crippen molar-refractivity contribution in [1.29, 1.82) is 0 Å². The summed E-state index contributed by atoms with van der Waals surface area (Å²) in [7, 11) is -3.77. The maximum atomic E-state index is 11.8. The summed E-state index contributed by atoms with van der Waals surface area (Å²) in [5, 5.41) is 0. The molecule has 0 saturated carbocycles. The summed E-state index contributed by atoms with van der Waals surface area (Å²) in [6.45, 7) is 6.41. The van der Waals surface area contributed by atoms with Crippen molar-refractivity contribution in [3.8, 4) is 0 Å². The topological polar surface area (TPSA) is 60.4 Å². The van der Waals surface area contributed by atoms with Crippen molar-refractivity contribution < 1.29 is 17.4 Å². The first-order chi connectivity index (χ1) is 7.62. The van der Waals surface area contributed by atoms with Crippen molar-refractivity contribution in [1.82, 2.24) is 0 Å². The summed E-state index contributed by atoms with van der Waals surface area (Å²) in [4.78, 5) is 11.1. The van der Waals surface area contributed by atoms with Crippen molar-refractivity contribution in [3.63, 3.8) is 0 Å². The number of Topliss-reactive ketones (excluding diaryl/α,β-unsaturated/α-hetero) is 1. The molecule has 0 unspecified atom stereocenters. The van der Waals surface area contributed by atoms with Crippen LogP contribution in [0.5, 0.6) is 0 Å². The normalized spacial score (nSPS) is 12.5. The molecular formula is C12H16O4S. The van der Waals surface area contributed by atoms with Crippen LogP contribution in [0.3, 0.4) is 0 Å². The van der Waals surface area contributed by atoms with E-state index in [2.05, 4.69) is 0 Å². The van der Waals surface area contributed by atoms with Gasteiger partial charge in [0.15, 0.2) is 5.78 Å². The maximum absolute atomic E-state index is 11.8. The molecule has 0 bridgehead atoms. The van der Waals surface area contributed by atoms with Gasteiger partial charge in [0.05, 0.1) is 10.5 Å². The van der Waals surface area contributed by atoms with E-state index in [4.69, 9.17) is 4.18 Å². The average molecular weight is 256 g/mol. The van der Waals surface area contributed by atoms with Gasteiger partial charge in [-0.2, -0.15) is 8.42 Å². The predicted octanol–water partition coefficient (Wildman–Crippen LogP) is 2.39. The Morgan fingerprint density at radius 1 is 1.12 bits per heavy atom. The molecule has 0 aromatic heterocycles. The van der Waals surface area contributed by atoms with Crippen LogP contribution >= 0.6 is 0 Å². The first-order valence-electron chi connectivity index (χ1n) is 5.18. The maximum Gasteiger partial charge on any atom is 0.297 e. The van der Waals surface area contributed by atoms with Crippen molar-refractivity contribution in [2.45, 2.75) is 38.2 Å². The molecule has 0 N–H and O–H groups in total. The van der Waals surface area contributed by atoms with Gasteiger partial charge in [0.2, 0.25) is 0 Å². The van der Waals surface area contributed by atoms with Crippen LogP contribution in [0.15, 0.2) is 29.2 Å². The Morgan fingerprint density at radius 2 is 1.59 bits per heavy atom. The molecule has 0 aliphatic heterocycles. The third kappa shape index (κ3) is 3.94. The monoisotopic (exact) mass is 256 g/mol. The lowest BCUT2D eigenvalue weighted by Gasteiger charge is -2.18. The molecule has 94 valence electrons. The lowest BCUT2D eigenvalue weighted by Crippen LogP contribution is -2.24. The Bertz CT molecular complexity index is 506. The summed E-state index contributed by atoms with van der Waals surface area (Å²) < 4.78 is 28.6. The second-order valence-electron chi connectivity index (χ2n) is 4.73. The Hall–Kier alpha value is -1.20. The van der Waals surface area contributed by atoms with Gasteiger partial charge in [-0.15, -0.1) is 0 Å². The SMILES string of the molecule is CC(=O)c1ccc(S(=O)(=O)OC(C)(C)C)cc1. The third-order valence-corrected chi connectivity index (χ3v) is 3.48. The number of carbonyl (C=O) groups is 1. The largest absolute Gasteiger partial charge is 0.297 e. The number of hydrogen-bond acceptors (Lipinski definition) is 4.